The number of aromatic nitrogens is 1. The van der Waals surface area contributed by atoms with Crippen LogP contribution in [-0.2, 0) is 11.2 Å². The quantitative estimate of drug-likeness (QED) is 0.598. The molecule has 1 aromatic rings. The van der Waals surface area contributed by atoms with Crippen molar-refractivity contribution in [2.24, 2.45) is 0 Å². The van der Waals surface area contributed by atoms with Crippen molar-refractivity contribution in [1.29, 1.82) is 0 Å². The summed E-state index contributed by atoms with van der Waals surface area (Å²) in [5.74, 6) is -0.814. The number of hydrogen-bond acceptors (Lipinski definition) is 2. The van der Waals surface area contributed by atoms with Crippen LogP contribution in [0.1, 0.15) is 5.56 Å². The first-order valence-electron chi connectivity index (χ1n) is 2.90. The van der Waals surface area contributed by atoms with Crippen LogP contribution >= 0.6 is 0 Å². The van der Waals surface area contributed by atoms with E-state index in [-0.39, 0.29) is 25.3 Å². The van der Waals surface area contributed by atoms with Crippen LogP contribution in [0.4, 0.5) is 0 Å². The molecule has 0 aromatic carbocycles. The Kier molecular flexibility index (Phi) is 4.59. The van der Waals surface area contributed by atoms with Gasteiger partial charge >= 0.3 is 24.8 Å². The third-order valence-electron chi connectivity index (χ3n) is 1.10. The average molecular weight is 145 g/mol. The number of carboxylic acid groups (broad SMARTS) is 1. The Labute approximate surface area is 76.6 Å². The molecule has 0 spiro atoms. The second-order valence-corrected chi connectivity index (χ2v) is 1.93. The van der Waals surface area contributed by atoms with E-state index in [1.165, 1.54) is 0 Å². The zero-order chi connectivity index (χ0) is 7.40. The number of hydrogen-bond donors (Lipinski definition) is 1. The van der Waals surface area contributed by atoms with Crippen LogP contribution < -0.4 is 0 Å². The van der Waals surface area contributed by atoms with Crippen LogP contribution in [0.15, 0.2) is 24.5 Å². The molecule has 1 aromatic heterocycles. The van der Waals surface area contributed by atoms with Gasteiger partial charge in [-0.05, 0) is 17.7 Å². The Morgan fingerprint density at radius 1 is 1.45 bits per heavy atom. The van der Waals surface area contributed by atoms with Gasteiger partial charge in [-0.25, -0.2) is 0 Å². The molecular formula is C7H8LiNO2. The molecular weight excluding hydrogens is 137 g/mol. The first-order valence-corrected chi connectivity index (χ1v) is 2.90. The molecule has 0 aliphatic rings. The van der Waals surface area contributed by atoms with Crippen molar-refractivity contribution in [1.82, 2.24) is 4.98 Å². The minimum atomic E-state index is -0.814. The van der Waals surface area contributed by atoms with E-state index in [9.17, 15) is 4.79 Å². The molecule has 0 amide bonds. The SMILES string of the molecule is O=C(O)Cc1ccncc1.[LiH]. The van der Waals surface area contributed by atoms with Gasteiger partial charge in [0.2, 0.25) is 0 Å². The summed E-state index contributed by atoms with van der Waals surface area (Å²) in [6.45, 7) is 0. The average Bonchev–Trinajstić information content (AvgIpc) is 1.88. The van der Waals surface area contributed by atoms with Crippen LogP contribution in [-0.4, -0.2) is 34.9 Å². The second-order valence-electron chi connectivity index (χ2n) is 1.93. The van der Waals surface area contributed by atoms with Gasteiger partial charge in [0.05, 0.1) is 6.42 Å². The predicted molar refractivity (Wildman–Crippen MR) is 42.7 cm³/mol. The van der Waals surface area contributed by atoms with Crippen LogP contribution in [0.5, 0.6) is 0 Å². The van der Waals surface area contributed by atoms with Gasteiger partial charge < -0.3 is 5.11 Å². The van der Waals surface area contributed by atoms with E-state index in [1.807, 2.05) is 0 Å². The molecule has 0 saturated carbocycles. The molecule has 0 aliphatic heterocycles. The van der Waals surface area contributed by atoms with Crippen molar-refractivity contribution in [3.8, 4) is 0 Å². The van der Waals surface area contributed by atoms with Crippen molar-refractivity contribution in [3.63, 3.8) is 0 Å². The Balaban J connectivity index is 0.000001000. The summed E-state index contributed by atoms with van der Waals surface area (Å²) in [4.78, 5) is 13.9. The Hall–Kier alpha value is -0.783. The Morgan fingerprint density at radius 3 is 2.45 bits per heavy atom. The number of nitrogens with zero attached hydrogens (tertiary/aromatic N) is 1. The Morgan fingerprint density at radius 2 is 2.00 bits per heavy atom. The van der Waals surface area contributed by atoms with Gasteiger partial charge in [0.25, 0.3) is 0 Å². The molecule has 1 N–H and O–H groups in total. The number of aliphatic carboxylic acids is 1. The van der Waals surface area contributed by atoms with E-state index in [1.54, 1.807) is 24.5 Å². The van der Waals surface area contributed by atoms with E-state index in [0.717, 1.165) is 5.56 Å². The molecule has 0 aliphatic carbocycles. The number of carbonyl (C=O) groups is 1. The van der Waals surface area contributed by atoms with E-state index >= 15 is 0 Å². The van der Waals surface area contributed by atoms with Crippen LogP contribution in [0, 0.1) is 0 Å². The third-order valence-corrected chi connectivity index (χ3v) is 1.10. The molecule has 3 nitrogen and oxygen atoms in total. The number of carboxylic acids is 1. The van der Waals surface area contributed by atoms with E-state index < -0.39 is 5.97 Å². The molecule has 0 atom stereocenters. The molecule has 4 heteroatoms. The maximum absolute atomic E-state index is 10.1. The number of pyridine rings is 1. The fourth-order valence-electron chi connectivity index (χ4n) is 0.675. The second kappa shape index (κ2) is 4.95. The minimum absolute atomic E-state index is 0. The molecule has 0 radical (unpaired) electrons. The summed E-state index contributed by atoms with van der Waals surface area (Å²) >= 11 is 0. The monoisotopic (exact) mass is 145 g/mol. The summed E-state index contributed by atoms with van der Waals surface area (Å²) in [5, 5.41) is 8.35. The molecule has 0 saturated heterocycles. The van der Waals surface area contributed by atoms with Crippen molar-refractivity contribution in [2.75, 3.05) is 0 Å². The molecule has 0 bridgehead atoms. The van der Waals surface area contributed by atoms with Gasteiger partial charge in [0.15, 0.2) is 0 Å². The summed E-state index contributed by atoms with van der Waals surface area (Å²) in [6.07, 6.45) is 3.24. The van der Waals surface area contributed by atoms with Gasteiger partial charge in [-0.15, -0.1) is 0 Å². The van der Waals surface area contributed by atoms with Gasteiger partial charge in [-0.1, -0.05) is 0 Å². The van der Waals surface area contributed by atoms with Gasteiger partial charge in [-0.3, -0.25) is 9.78 Å². The van der Waals surface area contributed by atoms with Crippen LogP contribution in [0.25, 0.3) is 0 Å². The third kappa shape index (κ3) is 3.82. The molecule has 54 valence electrons. The molecule has 0 unspecified atom stereocenters. The van der Waals surface area contributed by atoms with Crippen LogP contribution in [0.3, 0.4) is 0 Å². The van der Waals surface area contributed by atoms with Crippen LogP contribution in [0.2, 0.25) is 0 Å². The van der Waals surface area contributed by atoms with Crippen molar-refractivity contribution >= 4 is 24.8 Å². The summed E-state index contributed by atoms with van der Waals surface area (Å²) < 4.78 is 0. The zero-order valence-corrected chi connectivity index (χ0v) is 5.32. The van der Waals surface area contributed by atoms with E-state index in [0.29, 0.717) is 0 Å². The maximum atomic E-state index is 10.1. The molecule has 1 heterocycles. The molecule has 1 rings (SSSR count). The first kappa shape index (κ1) is 10.2. The van der Waals surface area contributed by atoms with Gasteiger partial charge in [0, 0.05) is 12.4 Å². The standard InChI is InChI=1S/C7H7NO2.Li.H/c9-7(10)5-6-1-3-8-4-2-6;;/h1-4H,5H2,(H,9,10);;. The van der Waals surface area contributed by atoms with Crippen molar-refractivity contribution in [2.45, 2.75) is 6.42 Å². The summed E-state index contributed by atoms with van der Waals surface area (Å²) in [6, 6.07) is 3.38. The van der Waals surface area contributed by atoms with Crippen molar-refractivity contribution in [3.05, 3.63) is 30.1 Å². The predicted octanol–water partition coefficient (Wildman–Crippen LogP) is 0.0602. The van der Waals surface area contributed by atoms with Crippen molar-refractivity contribution < 1.29 is 9.90 Å². The normalized spacial score (nSPS) is 8.36. The first-order chi connectivity index (χ1) is 4.79. The summed E-state index contributed by atoms with van der Waals surface area (Å²) in [7, 11) is 0. The fourth-order valence-corrected chi connectivity index (χ4v) is 0.675. The Bertz CT molecular complexity index is 225. The summed E-state index contributed by atoms with van der Waals surface area (Å²) in [5.41, 5.74) is 0.780. The number of rotatable bonds is 2. The van der Waals surface area contributed by atoms with E-state index in [4.69, 9.17) is 5.11 Å². The zero-order valence-electron chi connectivity index (χ0n) is 5.32. The van der Waals surface area contributed by atoms with Gasteiger partial charge in [0.1, 0.15) is 0 Å². The van der Waals surface area contributed by atoms with E-state index in [2.05, 4.69) is 4.98 Å². The fraction of sp³-hybridized carbons (Fsp3) is 0.143. The molecule has 11 heavy (non-hydrogen) atoms. The topological polar surface area (TPSA) is 50.2 Å². The molecule has 0 fully saturated rings. The van der Waals surface area contributed by atoms with Gasteiger partial charge in [-0.2, -0.15) is 0 Å².